The summed E-state index contributed by atoms with van der Waals surface area (Å²) in [6.07, 6.45) is 11.4. The Hall–Kier alpha value is -0.860. The third-order valence-electron chi connectivity index (χ3n) is 4.30. The lowest BCUT2D eigenvalue weighted by Gasteiger charge is -2.23. The van der Waals surface area contributed by atoms with Crippen LogP contribution in [0.25, 0.3) is 0 Å². The van der Waals surface area contributed by atoms with Crippen LogP contribution < -0.4 is 5.73 Å². The largest absolute Gasteiger partial charge is 0.383 e. The van der Waals surface area contributed by atoms with Crippen molar-refractivity contribution in [2.75, 3.05) is 13.7 Å². The van der Waals surface area contributed by atoms with Crippen LogP contribution >= 0.6 is 0 Å². The highest BCUT2D eigenvalue weighted by atomic mass is 16.5. The van der Waals surface area contributed by atoms with E-state index in [-0.39, 0.29) is 5.54 Å². The first-order valence-corrected chi connectivity index (χ1v) is 8.93. The molecule has 1 unspecified atom stereocenters. The fraction of sp³-hybridized carbons (Fsp3) is 0.700. The molecule has 1 atom stereocenters. The summed E-state index contributed by atoms with van der Waals surface area (Å²) in [5.41, 5.74) is 8.80. The first-order chi connectivity index (χ1) is 10.6. The van der Waals surface area contributed by atoms with Gasteiger partial charge in [0, 0.05) is 12.6 Å². The summed E-state index contributed by atoms with van der Waals surface area (Å²) in [7, 11) is 1.71. The summed E-state index contributed by atoms with van der Waals surface area (Å²) < 4.78 is 5.17. The molecule has 0 fully saturated rings. The predicted molar refractivity (Wildman–Crippen MR) is 96.3 cm³/mol. The molecule has 1 aromatic rings. The number of rotatable bonds is 12. The minimum Gasteiger partial charge on any atom is -0.383 e. The number of hydrogen-bond donors (Lipinski definition) is 1. The van der Waals surface area contributed by atoms with Gasteiger partial charge in [0.2, 0.25) is 0 Å². The molecule has 2 N–H and O–H groups in total. The molecular weight excluding hydrogens is 270 g/mol. The third kappa shape index (κ3) is 8.55. The smallest absolute Gasteiger partial charge is 0.0639 e. The monoisotopic (exact) mass is 305 g/mol. The van der Waals surface area contributed by atoms with Crippen LogP contribution in [0.4, 0.5) is 0 Å². The third-order valence-corrected chi connectivity index (χ3v) is 4.30. The minimum atomic E-state index is -0.230. The van der Waals surface area contributed by atoms with E-state index in [0.717, 1.165) is 12.8 Å². The zero-order chi connectivity index (χ0) is 16.3. The fourth-order valence-electron chi connectivity index (χ4n) is 2.81. The van der Waals surface area contributed by atoms with Crippen molar-refractivity contribution in [3.8, 4) is 0 Å². The maximum Gasteiger partial charge on any atom is 0.0639 e. The number of aryl methyl sites for hydroxylation is 2. The predicted octanol–water partition coefficient (Wildman–Crippen LogP) is 4.89. The second-order valence-corrected chi connectivity index (χ2v) is 6.92. The normalized spacial score (nSPS) is 14.0. The van der Waals surface area contributed by atoms with E-state index in [2.05, 4.69) is 38.1 Å². The molecule has 0 saturated heterocycles. The summed E-state index contributed by atoms with van der Waals surface area (Å²) in [6.45, 7) is 4.94. The summed E-state index contributed by atoms with van der Waals surface area (Å²) in [5, 5.41) is 0. The Labute approximate surface area is 137 Å². The standard InChI is InChI=1S/C20H35NO/c1-4-5-6-7-8-9-10-18-11-13-19(14-12-18)15-16-20(2,21)17-22-3/h11-14H,4-10,15-17,21H2,1-3H3. The van der Waals surface area contributed by atoms with Gasteiger partial charge in [-0.1, -0.05) is 63.3 Å². The van der Waals surface area contributed by atoms with Crippen LogP contribution in [0, 0.1) is 0 Å². The van der Waals surface area contributed by atoms with E-state index >= 15 is 0 Å². The molecule has 1 rings (SSSR count). The number of nitrogens with two attached hydrogens (primary N) is 1. The molecule has 1 aromatic carbocycles. The first-order valence-electron chi connectivity index (χ1n) is 8.93. The maximum absolute atomic E-state index is 6.20. The zero-order valence-corrected chi connectivity index (χ0v) is 14.9. The molecular formula is C20H35NO. The van der Waals surface area contributed by atoms with E-state index in [0.29, 0.717) is 6.61 Å². The zero-order valence-electron chi connectivity index (χ0n) is 14.9. The Bertz CT molecular complexity index is 383. The van der Waals surface area contributed by atoms with Gasteiger partial charge >= 0.3 is 0 Å². The first kappa shape index (κ1) is 19.2. The Morgan fingerprint density at radius 3 is 2.05 bits per heavy atom. The SMILES string of the molecule is CCCCCCCCc1ccc(CCC(C)(N)COC)cc1. The molecule has 0 aliphatic heterocycles. The number of hydrogen-bond acceptors (Lipinski definition) is 2. The Balaban J connectivity index is 2.25. The van der Waals surface area contributed by atoms with Crippen molar-refractivity contribution in [2.45, 2.75) is 77.2 Å². The molecule has 0 aliphatic rings. The van der Waals surface area contributed by atoms with Gasteiger partial charge in [-0.05, 0) is 43.7 Å². The van der Waals surface area contributed by atoms with Crippen LogP contribution in [0.15, 0.2) is 24.3 Å². The van der Waals surface area contributed by atoms with E-state index in [9.17, 15) is 0 Å². The molecule has 2 heteroatoms. The molecule has 0 saturated carbocycles. The summed E-state index contributed by atoms with van der Waals surface area (Å²) in [5.74, 6) is 0. The second kappa shape index (κ2) is 10.8. The quantitative estimate of drug-likeness (QED) is 0.558. The van der Waals surface area contributed by atoms with Gasteiger partial charge in [0.25, 0.3) is 0 Å². The van der Waals surface area contributed by atoms with E-state index in [1.54, 1.807) is 7.11 Å². The van der Waals surface area contributed by atoms with Gasteiger partial charge in [0.15, 0.2) is 0 Å². The molecule has 0 heterocycles. The van der Waals surface area contributed by atoms with Crippen molar-refractivity contribution in [2.24, 2.45) is 5.73 Å². The highest BCUT2D eigenvalue weighted by Gasteiger charge is 2.17. The number of methoxy groups -OCH3 is 1. The fourth-order valence-corrected chi connectivity index (χ4v) is 2.81. The van der Waals surface area contributed by atoms with Gasteiger partial charge < -0.3 is 10.5 Å². The summed E-state index contributed by atoms with van der Waals surface area (Å²) in [4.78, 5) is 0. The van der Waals surface area contributed by atoms with Gasteiger partial charge in [0.05, 0.1) is 6.61 Å². The van der Waals surface area contributed by atoms with E-state index < -0.39 is 0 Å². The van der Waals surface area contributed by atoms with Crippen molar-refractivity contribution in [3.05, 3.63) is 35.4 Å². The highest BCUT2D eigenvalue weighted by molar-refractivity contribution is 5.23. The second-order valence-electron chi connectivity index (χ2n) is 6.92. The Morgan fingerprint density at radius 1 is 0.909 bits per heavy atom. The molecule has 0 radical (unpaired) electrons. The molecule has 0 bridgehead atoms. The lowest BCUT2D eigenvalue weighted by Crippen LogP contribution is -2.41. The van der Waals surface area contributed by atoms with Crippen LogP contribution in [-0.4, -0.2) is 19.3 Å². The van der Waals surface area contributed by atoms with Crippen LogP contribution in [0.1, 0.15) is 69.9 Å². The minimum absolute atomic E-state index is 0.230. The lowest BCUT2D eigenvalue weighted by atomic mass is 9.94. The average Bonchev–Trinajstić information content (AvgIpc) is 2.50. The molecule has 0 aromatic heterocycles. The lowest BCUT2D eigenvalue weighted by molar-refractivity contribution is 0.136. The van der Waals surface area contributed by atoms with Crippen LogP contribution in [0.2, 0.25) is 0 Å². The van der Waals surface area contributed by atoms with E-state index in [4.69, 9.17) is 10.5 Å². The van der Waals surface area contributed by atoms with Crippen molar-refractivity contribution < 1.29 is 4.74 Å². The number of unbranched alkanes of at least 4 members (excludes halogenated alkanes) is 5. The molecule has 2 nitrogen and oxygen atoms in total. The van der Waals surface area contributed by atoms with E-state index in [1.807, 2.05) is 0 Å². The van der Waals surface area contributed by atoms with Crippen molar-refractivity contribution >= 4 is 0 Å². The average molecular weight is 306 g/mol. The van der Waals surface area contributed by atoms with Gasteiger partial charge in [-0.25, -0.2) is 0 Å². The van der Waals surface area contributed by atoms with Gasteiger partial charge in [-0.2, -0.15) is 0 Å². The van der Waals surface area contributed by atoms with Crippen molar-refractivity contribution in [1.82, 2.24) is 0 Å². The molecule has 0 spiro atoms. The molecule has 0 amide bonds. The van der Waals surface area contributed by atoms with Crippen molar-refractivity contribution in [3.63, 3.8) is 0 Å². The summed E-state index contributed by atoms with van der Waals surface area (Å²) in [6, 6.07) is 9.09. The maximum atomic E-state index is 6.20. The van der Waals surface area contributed by atoms with Crippen LogP contribution in [0.3, 0.4) is 0 Å². The van der Waals surface area contributed by atoms with E-state index in [1.165, 1.54) is 56.1 Å². The molecule has 22 heavy (non-hydrogen) atoms. The Morgan fingerprint density at radius 2 is 1.45 bits per heavy atom. The highest BCUT2D eigenvalue weighted by Crippen LogP contribution is 2.15. The number of ether oxygens (including phenoxy) is 1. The molecule has 126 valence electrons. The summed E-state index contributed by atoms with van der Waals surface area (Å²) >= 11 is 0. The van der Waals surface area contributed by atoms with Crippen molar-refractivity contribution in [1.29, 1.82) is 0 Å². The molecule has 0 aliphatic carbocycles. The Kier molecular flexibility index (Phi) is 9.42. The van der Waals surface area contributed by atoms with Gasteiger partial charge in [-0.15, -0.1) is 0 Å². The van der Waals surface area contributed by atoms with Crippen LogP contribution in [-0.2, 0) is 17.6 Å². The van der Waals surface area contributed by atoms with Gasteiger partial charge in [0.1, 0.15) is 0 Å². The topological polar surface area (TPSA) is 35.2 Å². The number of benzene rings is 1. The van der Waals surface area contributed by atoms with Crippen LogP contribution in [0.5, 0.6) is 0 Å². The van der Waals surface area contributed by atoms with Gasteiger partial charge in [-0.3, -0.25) is 0 Å².